The van der Waals surface area contributed by atoms with Gasteiger partial charge in [-0.15, -0.1) is 0 Å². The predicted molar refractivity (Wildman–Crippen MR) is 74.3 cm³/mol. The van der Waals surface area contributed by atoms with E-state index in [2.05, 4.69) is 5.32 Å². The van der Waals surface area contributed by atoms with Gasteiger partial charge in [0.15, 0.2) is 0 Å². The van der Waals surface area contributed by atoms with Gasteiger partial charge >= 0.3 is 0 Å². The summed E-state index contributed by atoms with van der Waals surface area (Å²) in [5, 5.41) is 12.7. The van der Waals surface area contributed by atoms with Crippen LogP contribution in [0.2, 0.25) is 10.0 Å². The van der Waals surface area contributed by atoms with Gasteiger partial charge in [-0.2, -0.15) is 0 Å². The lowest BCUT2D eigenvalue weighted by Gasteiger charge is -2.21. The molecule has 1 aromatic rings. The number of halogens is 2. The van der Waals surface area contributed by atoms with Gasteiger partial charge in [-0.25, -0.2) is 0 Å². The highest BCUT2D eigenvalue weighted by Gasteiger charge is 2.18. The average molecular weight is 290 g/mol. The van der Waals surface area contributed by atoms with Crippen LogP contribution in [-0.4, -0.2) is 23.7 Å². The Kier molecular flexibility index (Phi) is 5.93. The van der Waals surface area contributed by atoms with Crippen molar-refractivity contribution in [1.82, 2.24) is 5.32 Å². The molecule has 5 heteroatoms. The molecule has 0 radical (unpaired) electrons. The number of aliphatic hydroxyl groups excluding tert-OH is 1. The van der Waals surface area contributed by atoms with Gasteiger partial charge in [-0.05, 0) is 30.5 Å². The molecular formula is C13H17Cl2NO2. The molecule has 0 saturated carbocycles. The van der Waals surface area contributed by atoms with Gasteiger partial charge in [-0.1, -0.05) is 37.0 Å². The number of nitrogens with one attached hydrogen (secondary N) is 1. The Morgan fingerprint density at radius 3 is 2.61 bits per heavy atom. The van der Waals surface area contributed by atoms with Crippen LogP contribution in [0.5, 0.6) is 0 Å². The minimum Gasteiger partial charge on any atom is -0.396 e. The smallest absolute Gasteiger partial charge is 0.253 e. The third kappa shape index (κ3) is 4.16. The van der Waals surface area contributed by atoms with Crippen molar-refractivity contribution < 1.29 is 9.90 Å². The van der Waals surface area contributed by atoms with Crippen LogP contribution in [-0.2, 0) is 0 Å². The first-order chi connectivity index (χ1) is 8.45. The summed E-state index contributed by atoms with van der Waals surface area (Å²) in [6, 6.07) is 4.68. The zero-order valence-electron chi connectivity index (χ0n) is 10.4. The fourth-order valence-electron chi connectivity index (χ4n) is 1.63. The lowest BCUT2D eigenvalue weighted by atomic mass is 10.0. The Morgan fingerprint density at radius 1 is 1.39 bits per heavy atom. The molecule has 0 fully saturated rings. The van der Waals surface area contributed by atoms with E-state index in [4.69, 9.17) is 28.3 Å². The van der Waals surface area contributed by atoms with Crippen molar-refractivity contribution in [3.05, 3.63) is 33.8 Å². The topological polar surface area (TPSA) is 49.3 Å². The first kappa shape index (κ1) is 15.3. The number of carbonyl (C=O) groups excluding carboxylic acids is 1. The first-order valence-electron chi connectivity index (χ1n) is 5.82. The van der Waals surface area contributed by atoms with E-state index in [1.54, 1.807) is 12.1 Å². The van der Waals surface area contributed by atoms with Crippen LogP contribution >= 0.6 is 23.2 Å². The highest BCUT2D eigenvalue weighted by Crippen LogP contribution is 2.21. The molecule has 0 aromatic heterocycles. The van der Waals surface area contributed by atoms with Crippen molar-refractivity contribution in [3.63, 3.8) is 0 Å². The van der Waals surface area contributed by atoms with E-state index < -0.39 is 0 Å². The van der Waals surface area contributed by atoms with Crippen molar-refractivity contribution in [3.8, 4) is 0 Å². The second-order valence-electron chi connectivity index (χ2n) is 4.46. The summed E-state index contributed by atoms with van der Waals surface area (Å²) in [5.74, 6) is -0.0336. The van der Waals surface area contributed by atoms with E-state index in [9.17, 15) is 4.79 Å². The second kappa shape index (κ2) is 6.98. The molecule has 1 amide bonds. The van der Waals surface area contributed by atoms with E-state index in [0.29, 0.717) is 22.0 Å². The minimum absolute atomic E-state index is 0.0341. The number of aliphatic hydroxyl groups is 1. The van der Waals surface area contributed by atoms with E-state index in [0.717, 1.165) is 0 Å². The molecule has 0 aliphatic rings. The standard InChI is InChI=1S/C13H17Cl2NO2/c1-8(2)12(5-6-17)16-13(18)10-7-9(14)3-4-11(10)15/h3-4,7-8,12,17H,5-6H2,1-2H3,(H,16,18). The van der Waals surface area contributed by atoms with Crippen LogP contribution in [0, 0.1) is 5.92 Å². The third-order valence-electron chi connectivity index (χ3n) is 2.73. The normalized spacial score (nSPS) is 12.6. The van der Waals surface area contributed by atoms with Crippen LogP contribution < -0.4 is 5.32 Å². The Morgan fingerprint density at radius 2 is 2.06 bits per heavy atom. The van der Waals surface area contributed by atoms with Gasteiger partial charge in [0.25, 0.3) is 5.91 Å². The molecule has 2 N–H and O–H groups in total. The van der Waals surface area contributed by atoms with Gasteiger partial charge in [0.1, 0.15) is 0 Å². The Bertz CT molecular complexity index is 421. The van der Waals surface area contributed by atoms with Crippen molar-refractivity contribution in [2.75, 3.05) is 6.61 Å². The number of amides is 1. The van der Waals surface area contributed by atoms with Crippen molar-refractivity contribution in [1.29, 1.82) is 0 Å². The maximum Gasteiger partial charge on any atom is 0.253 e. The summed E-state index contributed by atoms with van der Waals surface area (Å²) in [5.41, 5.74) is 0.354. The van der Waals surface area contributed by atoms with E-state index >= 15 is 0 Å². The van der Waals surface area contributed by atoms with Crippen LogP contribution in [0.15, 0.2) is 18.2 Å². The number of hydrogen-bond acceptors (Lipinski definition) is 2. The highest BCUT2D eigenvalue weighted by atomic mass is 35.5. The van der Waals surface area contributed by atoms with Gasteiger partial charge < -0.3 is 10.4 Å². The van der Waals surface area contributed by atoms with Crippen LogP contribution in [0.3, 0.4) is 0 Å². The average Bonchev–Trinajstić information content (AvgIpc) is 2.31. The molecule has 0 heterocycles. The first-order valence-corrected chi connectivity index (χ1v) is 6.58. The van der Waals surface area contributed by atoms with Crippen LogP contribution in [0.1, 0.15) is 30.6 Å². The zero-order chi connectivity index (χ0) is 13.7. The van der Waals surface area contributed by atoms with Crippen molar-refractivity contribution in [2.24, 2.45) is 5.92 Å². The summed E-state index contributed by atoms with van der Waals surface area (Å²) in [6.07, 6.45) is 0.515. The summed E-state index contributed by atoms with van der Waals surface area (Å²) in [4.78, 5) is 12.1. The van der Waals surface area contributed by atoms with Crippen molar-refractivity contribution in [2.45, 2.75) is 26.3 Å². The molecule has 1 aromatic carbocycles. The van der Waals surface area contributed by atoms with Crippen LogP contribution in [0.25, 0.3) is 0 Å². The monoisotopic (exact) mass is 289 g/mol. The maximum atomic E-state index is 12.1. The molecule has 1 unspecified atom stereocenters. The Hall–Kier alpha value is -0.770. The quantitative estimate of drug-likeness (QED) is 0.875. The number of benzene rings is 1. The number of hydrogen-bond donors (Lipinski definition) is 2. The minimum atomic E-state index is -0.269. The zero-order valence-corrected chi connectivity index (χ0v) is 11.9. The SMILES string of the molecule is CC(C)C(CCO)NC(=O)c1cc(Cl)ccc1Cl. The lowest BCUT2D eigenvalue weighted by molar-refractivity contribution is 0.0917. The summed E-state index contributed by atoms with van der Waals surface area (Å²) >= 11 is 11.8. The van der Waals surface area contributed by atoms with Crippen molar-refractivity contribution >= 4 is 29.1 Å². The van der Waals surface area contributed by atoms with E-state index in [1.807, 2.05) is 13.8 Å². The van der Waals surface area contributed by atoms with E-state index in [1.165, 1.54) is 6.07 Å². The molecule has 0 spiro atoms. The highest BCUT2D eigenvalue weighted by molar-refractivity contribution is 6.35. The molecule has 0 aliphatic carbocycles. The largest absolute Gasteiger partial charge is 0.396 e. The second-order valence-corrected chi connectivity index (χ2v) is 5.30. The summed E-state index contributed by atoms with van der Waals surface area (Å²) < 4.78 is 0. The molecule has 3 nitrogen and oxygen atoms in total. The molecule has 100 valence electrons. The summed E-state index contributed by atoms with van der Waals surface area (Å²) in [7, 11) is 0. The van der Waals surface area contributed by atoms with Gasteiger partial charge in [-0.3, -0.25) is 4.79 Å². The van der Waals surface area contributed by atoms with Gasteiger partial charge in [0, 0.05) is 17.7 Å². The fourth-order valence-corrected chi connectivity index (χ4v) is 2.00. The molecule has 1 atom stereocenters. The Labute approximate surface area is 117 Å². The molecule has 0 aliphatic heterocycles. The molecule has 18 heavy (non-hydrogen) atoms. The third-order valence-corrected chi connectivity index (χ3v) is 3.30. The molecule has 0 bridgehead atoms. The maximum absolute atomic E-state index is 12.1. The number of carbonyl (C=O) groups is 1. The lowest BCUT2D eigenvalue weighted by Crippen LogP contribution is -2.39. The Balaban J connectivity index is 2.83. The van der Waals surface area contributed by atoms with Gasteiger partial charge in [0.2, 0.25) is 0 Å². The molecular weight excluding hydrogens is 273 g/mol. The predicted octanol–water partition coefficient (Wildman–Crippen LogP) is 3.13. The van der Waals surface area contributed by atoms with E-state index in [-0.39, 0.29) is 24.5 Å². The fraction of sp³-hybridized carbons (Fsp3) is 0.462. The molecule has 1 rings (SSSR count). The van der Waals surface area contributed by atoms with Crippen LogP contribution in [0.4, 0.5) is 0 Å². The summed E-state index contributed by atoms with van der Waals surface area (Å²) in [6.45, 7) is 4.01. The number of rotatable bonds is 5. The van der Waals surface area contributed by atoms with Gasteiger partial charge in [0.05, 0.1) is 10.6 Å². The molecule has 0 saturated heterocycles.